The summed E-state index contributed by atoms with van der Waals surface area (Å²) in [5, 5.41) is 34.2. The quantitative estimate of drug-likeness (QED) is 0.0755. The first kappa shape index (κ1) is 36.0. The average Bonchev–Trinajstić information content (AvgIpc) is 2.91. The molecule has 3 atom stereocenters. The molecule has 1 unspecified atom stereocenters. The van der Waals surface area contributed by atoms with E-state index in [0.29, 0.717) is 13.0 Å². The van der Waals surface area contributed by atoms with Crippen molar-refractivity contribution in [2.24, 2.45) is 5.92 Å². The molecule has 2 amide bonds. The molecule has 0 spiro atoms. The number of nitrogens with one attached hydrogen (secondary N) is 2. The van der Waals surface area contributed by atoms with E-state index < -0.39 is 24.1 Å². The van der Waals surface area contributed by atoms with Crippen molar-refractivity contribution in [3.05, 3.63) is 60.3 Å². The lowest BCUT2D eigenvalue weighted by molar-refractivity contribution is -0.131. The Bertz CT molecular complexity index is 844. The van der Waals surface area contributed by atoms with Gasteiger partial charge in [0.05, 0.1) is 18.1 Å². The fraction of sp³-hybridized carbons (Fsp3) is 0.581. The molecule has 0 aliphatic rings. The predicted octanol–water partition coefficient (Wildman–Crippen LogP) is 4.75. The van der Waals surface area contributed by atoms with Crippen LogP contribution in [0.3, 0.4) is 0 Å². The number of amides is 2. The molecule has 0 aromatic heterocycles. The topological polar surface area (TPSA) is 136 Å². The van der Waals surface area contributed by atoms with E-state index in [9.17, 15) is 24.6 Å². The Balaban J connectivity index is 4.14. The van der Waals surface area contributed by atoms with Crippen LogP contribution in [0.15, 0.2) is 60.3 Å². The number of aliphatic hydroxyl groups excluding tert-OH is 2. The van der Waals surface area contributed by atoms with Gasteiger partial charge in [0.25, 0.3) is 0 Å². The molecule has 8 heteroatoms. The van der Waals surface area contributed by atoms with Gasteiger partial charge in [-0.1, -0.05) is 113 Å². The molecule has 0 aliphatic heterocycles. The molecule has 220 valence electrons. The summed E-state index contributed by atoms with van der Waals surface area (Å²) in [6.45, 7) is 6.05. The summed E-state index contributed by atoms with van der Waals surface area (Å²) < 4.78 is 0. The van der Waals surface area contributed by atoms with E-state index in [4.69, 9.17) is 5.11 Å². The number of carbonyl (C=O) groups excluding carboxylic acids is 2. The Morgan fingerprint density at radius 2 is 1.54 bits per heavy atom. The van der Waals surface area contributed by atoms with Gasteiger partial charge in [-0.3, -0.25) is 9.59 Å². The molecule has 39 heavy (non-hydrogen) atoms. The van der Waals surface area contributed by atoms with Crippen LogP contribution in [0.5, 0.6) is 0 Å². The molecule has 0 aliphatic carbocycles. The zero-order valence-electron chi connectivity index (χ0n) is 24.0. The van der Waals surface area contributed by atoms with Crippen molar-refractivity contribution < 1.29 is 29.7 Å². The van der Waals surface area contributed by atoms with Gasteiger partial charge in [-0.25, -0.2) is 4.79 Å². The number of rotatable bonds is 22. The zero-order chi connectivity index (χ0) is 29.3. The summed E-state index contributed by atoms with van der Waals surface area (Å²) in [6, 6.07) is 0. The maximum atomic E-state index is 12.2. The third kappa shape index (κ3) is 22.7. The molecule has 0 aromatic rings. The molecule has 0 heterocycles. The molecule has 0 saturated heterocycles. The molecule has 0 rings (SSSR count). The van der Waals surface area contributed by atoms with Gasteiger partial charge in [0.1, 0.15) is 0 Å². The smallest absolute Gasteiger partial charge is 0.328 e. The summed E-state index contributed by atoms with van der Waals surface area (Å²) in [5.74, 6) is -2.26. The summed E-state index contributed by atoms with van der Waals surface area (Å²) in [5.41, 5.74) is 0.873. The van der Waals surface area contributed by atoms with E-state index in [1.54, 1.807) is 37.3 Å². The van der Waals surface area contributed by atoms with Crippen LogP contribution in [0.1, 0.15) is 85.0 Å². The normalized spacial score (nSPS) is 14.8. The van der Waals surface area contributed by atoms with Gasteiger partial charge in [-0.15, -0.1) is 0 Å². The summed E-state index contributed by atoms with van der Waals surface area (Å²) in [4.78, 5) is 34.7. The van der Waals surface area contributed by atoms with Gasteiger partial charge in [0, 0.05) is 25.6 Å². The molecule has 0 saturated carbocycles. The van der Waals surface area contributed by atoms with Gasteiger partial charge in [-0.05, 0) is 19.8 Å². The minimum absolute atomic E-state index is 0.0259. The van der Waals surface area contributed by atoms with Crippen molar-refractivity contribution in [1.29, 1.82) is 0 Å². The van der Waals surface area contributed by atoms with Crippen LogP contribution in [0.25, 0.3) is 0 Å². The minimum Gasteiger partial charge on any atom is -0.478 e. The SMILES string of the molecule is CCCCCCCCCC(O)C=CC(C)=CCC(=O)NC[C@H](O)[C@H](C)C(=O)NCCC=CC=CC=CC(=O)O. The summed E-state index contributed by atoms with van der Waals surface area (Å²) in [7, 11) is 0. The molecule has 0 aromatic carbocycles. The lowest BCUT2D eigenvalue weighted by Crippen LogP contribution is -2.42. The van der Waals surface area contributed by atoms with Gasteiger partial charge in [0.15, 0.2) is 0 Å². The largest absolute Gasteiger partial charge is 0.478 e. The van der Waals surface area contributed by atoms with E-state index in [2.05, 4.69) is 17.6 Å². The molecular formula is C31H50N2O6. The van der Waals surface area contributed by atoms with E-state index in [1.807, 2.05) is 19.1 Å². The van der Waals surface area contributed by atoms with Crippen LogP contribution in [-0.4, -0.2) is 58.4 Å². The summed E-state index contributed by atoms with van der Waals surface area (Å²) in [6.07, 6.45) is 23.1. The zero-order valence-corrected chi connectivity index (χ0v) is 24.0. The predicted molar refractivity (Wildman–Crippen MR) is 157 cm³/mol. The second kappa shape index (κ2) is 24.1. The highest BCUT2D eigenvalue weighted by Crippen LogP contribution is 2.11. The first-order chi connectivity index (χ1) is 18.7. The highest BCUT2D eigenvalue weighted by molar-refractivity contribution is 5.80. The number of aliphatic carboxylic acids is 1. The Morgan fingerprint density at radius 3 is 2.23 bits per heavy atom. The number of carbonyl (C=O) groups is 3. The fourth-order valence-electron chi connectivity index (χ4n) is 3.51. The van der Waals surface area contributed by atoms with E-state index in [0.717, 1.165) is 30.9 Å². The molecule has 0 bridgehead atoms. The van der Waals surface area contributed by atoms with Crippen LogP contribution < -0.4 is 10.6 Å². The monoisotopic (exact) mass is 546 g/mol. The van der Waals surface area contributed by atoms with E-state index in [-0.39, 0.29) is 24.8 Å². The van der Waals surface area contributed by atoms with Crippen LogP contribution in [0.4, 0.5) is 0 Å². The Hall–Kier alpha value is -2.97. The fourth-order valence-corrected chi connectivity index (χ4v) is 3.51. The van der Waals surface area contributed by atoms with Crippen molar-refractivity contribution >= 4 is 17.8 Å². The van der Waals surface area contributed by atoms with Crippen molar-refractivity contribution in [2.45, 2.75) is 97.2 Å². The number of unbranched alkanes of at least 4 members (excludes halogenated alkanes) is 6. The first-order valence-corrected chi connectivity index (χ1v) is 14.2. The summed E-state index contributed by atoms with van der Waals surface area (Å²) >= 11 is 0. The number of carboxylic acid groups (broad SMARTS) is 1. The van der Waals surface area contributed by atoms with Gasteiger partial charge in [-0.2, -0.15) is 0 Å². The second-order valence-electron chi connectivity index (χ2n) is 9.74. The Kier molecular flexibility index (Phi) is 22.3. The van der Waals surface area contributed by atoms with Gasteiger partial charge in [0.2, 0.25) is 11.8 Å². The molecular weight excluding hydrogens is 496 g/mol. The first-order valence-electron chi connectivity index (χ1n) is 14.2. The lowest BCUT2D eigenvalue weighted by Gasteiger charge is -2.18. The third-order valence-corrected chi connectivity index (χ3v) is 6.11. The van der Waals surface area contributed by atoms with Crippen molar-refractivity contribution in [3.8, 4) is 0 Å². The highest BCUT2D eigenvalue weighted by atomic mass is 16.4. The van der Waals surface area contributed by atoms with Crippen LogP contribution in [-0.2, 0) is 14.4 Å². The van der Waals surface area contributed by atoms with E-state index in [1.165, 1.54) is 38.2 Å². The average molecular weight is 547 g/mol. The Morgan fingerprint density at radius 1 is 0.872 bits per heavy atom. The maximum absolute atomic E-state index is 12.2. The number of hydrogen-bond acceptors (Lipinski definition) is 5. The van der Waals surface area contributed by atoms with Crippen molar-refractivity contribution in [3.63, 3.8) is 0 Å². The van der Waals surface area contributed by atoms with Crippen LogP contribution in [0, 0.1) is 5.92 Å². The molecule has 5 N–H and O–H groups in total. The van der Waals surface area contributed by atoms with Gasteiger partial charge < -0.3 is 26.0 Å². The van der Waals surface area contributed by atoms with Crippen molar-refractivity contribution in [1.82, 2.24) is 10.6 Å². The van der Waals surface area contributed by atoms with Gasteiger partial charge >= 0.3 is 5.97 Å². The highest BCUT2D eigenvalue weighted by Gasteiger charge is 2.21. The minimum atomic E-state index is -1.01. The third-order valence-electron chi connectivity index (χ3n) is 6.11. The second-order valence-corrected chi connectivity index (χ2v) is 9.74. The number of aliphatic hydroxyl groups is 2. The van der Waals surface area contributed by atoms with Crippen molar-refractivity contribution in [2.75, 3.05) is 13.1 Å². The maximum Gasteiger partial charge on any atom is 0.328 e. The molecule has 8 nitrogen and oxygen atoms in total. The Labute approximate surface area is 234 Å². The lowest BCUT2D eigenvalue weighted by atomic mass is 10.0. The molecule has 0 fully saturated rings. The van der Waals surface area contributed by atoms with Crippen LogP contribution >= 0.6 is 0 Å². The molecule has 0 radical (unpaired) electrons. The van der Waals surface area contributed by atoms with Crippen LogP contribution in [0.2, 0.25) is 0 Å². The number of allylic oxidation sites excluding steroid dienone is 6. The number of carboxylic acids is 1. The standard InChI is InChI=1S/C31H50N2O6/c1-4-5-6-7-8-11-14-17-27(34)21-19-25(2)20-22-29(36)33-24-28(35)26(3)31(39)32-23-16-13-10-9-12-15-18-30(37)38/h9-10,12-13,15,18-21,26-28,34-35H,4-8,11,14,16-17,22-24H2,1-3H3,(H,32,39)(H,33,36)(H,37,38)/t26-,27?,28-/m0/s1. The number of hydrogen-bond donors (Lipinski definition) is 5. The van der Waals surface area contributed by atoms with E-state index >= 15 is 0 Å².